The van der Waals surface area contributed by atoms with E-state index < -0.39 is 10.0 Å². The molecule has 0 unspecified atom stereocenters. The van der Waals surface area contributed by atoms with Gasteiger partial charge in [-0.3, -0.25) is 9.97 Å². The summed E-state index contributed by atoms with van der Waals surface area (Å²) in [5.74, 6) is 0. The Morgan fingerprint density at radius 3 is 2.58 bits per heavy atom. The summed E-state index contributed by atoms with van der Waals surface area (Å²) in [6, 6.07) is 6.30. The molecule has 2 aromatic rings. The first-order chi connectivity index (χ1) is 8.99. The number of rotatable bonds is 4. The summed E-state index contributed by atoms with van der Waals surface area (Å²) in [6.45, 7) is 1.88. The Morgan fingerprint density at radius 2 is 1.95 bits per heavy atom. The Morgan fingerprint density at radius 1 is 1.21 bits per heavy atom. The molecule has 0 bridgehead atoms. The number of hydrogen-bond acceptors (Lipinski definition) is 5. The Hall–Kier alpha value is -1.99. The van der Waals surface area contributed by atoms with Gasteiger partial charge in [-0.25, -0.2) is 13.1 Å². The second kappa shape index (κ2) is 5.33. The van der Waals surface area contributed by atoms with E-state index in [2.05, 4.69) is 14.7 Å². The first-order valence-corrected chi connectivity index (χ1v) is 7.09. The third-order valence-corrected chi connectivity index (χ3v) is 3.96. The Bertz CT molecular complexity index is 668. The van der Waals surface area contributed by atoms with Gasteiger partial charge in [-0.2, -0.15) is 0 Å². The van der Waals surface area contributed by atoms with E-state index in [0.29, 0.717) is 5.69 Å². The van der Waals surface area contributed by atoms with E-state index in [-0.39, 0.29) is 17.1 Å². The number of nitrogens with zero attached hydrogens (tertiary/aromatic N) is 2. The zero-order valence-corrected chi connectivity index (χ0v) is 11.2. The van der Waals surface area contributed by atoms with Gasteiger partial charge in [-0.1, -0.05) is 12.1 Å². The molecule has 2 rings (SSSR count). The molecular formula is C12H14N4O2S. The molecule has 0 amide bonds. The number of nitrogens with one attached hydrogen (secondary N) is 1. The van der Waals surface area contributed by atoms with Crippen LogP contribution < -0.4 is 10.5 Å². The van der Waals surface area contributed by atoms with Gasteiger partial charge in [0, 0.05) is 6.20 Å². The molecule has 0 saturated heterocycles. The van der Waals surface area contributed by atoms with Gasteiger partial charge in [0.15, 0.2) is 0 Å². The monoisotopic (exact) mass is 278 g/mol. The van der Waals surface area contributed by atoms with Crippen molar-refractivity contribution >= 4 is 15.7 Å². The van der Waals surface area contributed by atoms with E-state index in [4.69, 9.17) is 5.73 Å². The lowest BCUT2D eigenvalue weighted by Crippen LogP contribution is -2.24. The summed E-state index contributed by atoms with van der Waals surface area (Å²) in [6.07, 6.45) is 3.12. The zero-order valence-electron chi connectivity index (χ0n) is 10.4. The van der Waals surface area contributed by atoms with Crippen LogP contribution in [0.3, 0.4) is 0 Å². The second-order valence-corrected chi connectivity index (χ2v) is 5.75. The quantitative estimate of drug-likeness (QED) is 0.808. The minimum Gasteiger partial charge on any atom is -0.398 e. The number of anilines is 1. The Balaban J connectivity index is 2.14. The van der Waals surface area contributed by atoms with Gasteiger partial charge in [-0.15, -0.1) is 0 Å². The largest absolute Gasteiger partial charge is 0.398 e. The molecule has 19 heavy (non-hydrogen) atoms. The molecule has 0 aliphatic rings. The first kappa shape index (κ1) is 13.4. The molecule has 0 fully saturated rings. The van der Waals surface area contributed by atoms with Crippen molar-refractivity contribution in [2.45, 2.75) is 18.4 Å². The number of para-hydroxylation sites is 1. The van der Waals surface area contributed by atoms with E-state index in [0.717, 1.165) is 5.69 Å². The maximum absolute atomic E-state index is 12.1. The van der Waals surface area contributed by atoms with E-state index in [1.165, 1.54) is 12.3 Å². The highest BCUT2D eigenvalue weighted by Crippen LogP contribution is 2.16. The van der Waals surface area contributed by atoms with Crippen molar-refractivity contribution in [2.24, 2.45) is 0 Å². The topological polar surface area (TPSA) is 98.0 Å². The fraction of sp³-hybridized carbons (Fsp3) is 0.167. The lowest BCUT2D eigenvalue weighted by Gasteiger charge is -2.08. The standard InChI is InChI=1S/C12H14N4O2S/c1-9-6-15-10(7-14-9)8-16-19(17,18)12-5-3-2-4-11(12)13/h2-7,16H,8,13H2,1H3. The van der Waals surface area contributed by atoms with Gasteiger partial charge in [-0.05, 0) is 19.1 Å². The van der Waals surface area contributed by atoms with Crippen LogP contribution in [0, 0.1) is 6.92 Å². The maximum Gasteiger partial charge on any atom is 0.242 e. The maximum atomic E-state index is 12.1. The van der Waals surface area contributed by atoms with E-state index in [1.807, 2.05) is 6.92 Å². The van der Waals surface area contributed by atoms with Crippen LogP contribution in [0.1, 0.15) is 11.4 Å². The van der Waals surface area contributed by atoms with Crippen molar-refractivity contribution in [3.63, 3.8) is 0 Å². The Kier molecular flexibility index (Phi) is 3.77. The summed E-state index contributed by atoms with van der Waals surface area (Å²) in [5.41, 5.74) is 7.18. The number of nitrogens with two attached hydrogens (primary N) is 1. The lowest BCUT2D eigenvalue weighted by atomic mass is 10.3. The van der Waals surface area contributed by atoms with Crippen molar-refractivity contribution in [3.05, 3.63) is 48.0 Å². The molecule has 0 aliphatic heterocycles. The molecule has 0 radical (unpaired) electrons. The van der Waals surface area contributed by atoms with Gasteiger partial charge in [0.1, 0.15) is 4.90 Å². The van der Waals surface area contributed by atoms with Gasteiger partial charge < -0.3 is 5.73 Å². The normalized spacial score (nSPS) is 11.4. The average molecular weight is 278 g/mol. The Labute approximate surface area is 111 Å². The van der Waals surface area contributed by atoms with Gasteiger partial charge in [0.05, 0.1) is 29.8 Å². The summed E-state index contributed by atoms with van der Waals surface area (Å²) >= 11 is 0. The first-order valence-electron chi connectivity index (χ1n) is 5.61. The number of nitrogen functional groups attached to an aromatic ring is 1. The molecule has 0 spiro atoms. The number of aromatic nitrogens is 2. The van der Waals surface area contributed by atoms with Crippen LogP contribution >= 0.6 is 0 Å². The van der Waals surface area contributed by atoms with Crippen LogP contribution in [0.5, 0.6) is 0 Å². The predicted octanol–water partition coefficient (Wildman–Crippen LogP) is 0.846. The molecule has 0 aliphatic carbocycles. The highest BCUT2D eigenvalue weighted by atomic mass is 32.2. The highest BCUT2D eigenvalue weighted by molar-refractivity contribution is 7.89. The number of hydrogen-bond donors (Lipinski definition) is 2. The molecule has 7 heteroatoms. The fourth-order valence-electron chi connectivity index (χ4n) is 1.48. The number of benzene rings is 1. The predicted molar refractivity (Wildman–Crippen MR) is 71.6 cm³/mol. The molecular weight excluding hydrogens is 264 g/mol. The summed E-state index contributed by atoms with van der Waals surface area (Å²) in [4.78, 5) is 8.19. The van der Waals surface area contributed by atoms with Gasteiger partial charge in [0.25, 0.3) is 0 Å². The van der Waals surface area contributed by atoms with E-state index in [1.54, 1.807) is 24.4 Å². The van der Waals surface area contributed by atoms with Crippen molar-refractivity contribution in [1.29, 1.82) is 0 Å². The molecule has 6 nitrogen and oxygen atoms in total. The number of aryl methyl sites for hydroxylation is 1. The van der Waals surface area contributed by atoms with Crippen LogP contribution in [0.2, 0.25) is 0 Å². The van der Waals surface area contributed by atoms with Crippen molar-refractivity contribution in [1.82, 2.24) is 14.7 Å². The van der Waals surface area contributed by atoms with Crippen molar-refractivity contribution in [3.8, 4) is 0 Å². The molecule has 100 valence electrons. The minimum absolute atomic E-state index is 0.0649. The average Bonchev–Trinajstić information content (AvgIpc) is 2.38. The van der Waals surface area contributed by atoms with Crippen LogP contribution in [-0.4, -0.2) is 18.4 Å². The fourth-order valence-corrected chi connectivity index (χ4v) is 2.61. The third-order valence-electron chi connectivity index (χ3n) is 2.49. The van der Waals surface area contributed by atoms with Crippen LogP contribution in [0.4, 0.5) is 5.69 Å². The lowest BCUT2D eigenvalue weighted by molar-refractivity contribution is 0.580. The SMILES string of the molecule is Cc1cnc(CNS(=O)(=O)c2ccccc2N)cn1. The van der Waals surface area contributed by atoms with E-state index in [9.17, 15) is 8.42 Å². The smallest absolute Gasteiger partial charge is 0.242 e. The third kappa shape index (κ3) is 3.27. The summed E-state index contributed by atoms with van der Waals surface area (Å²) in [5, 5.41) is 0. The van der Waals surface area contributed by atoms with Crippen LogP contribution in [0.15, 0.2) is 41.6 Å². The van der Waals surface area contributed by atoms with Crippen molar-refractivity contribution in [2.75, 3.05) is 5.73 Å². The molecule has 0 saturated carbocycles. The van der Waals surface area contributed by atoms with Crippen LogP contribution in [0.25, 0.3) is 0 Å². The zero-order chi connectivity index (χ0) is 13.9. The van der Waals surface area contributed by atoms with Gasteiger partial charge >= 0.3 is 0 Å². The second-order valence-electron chi connectivity index (χ2n) is 4.01. The minimum atomic E-state index is -3.64. The molecule has 0 atom stereocenters. The number of sulfonamides is 1. The summed E-state index contributed by atoms with van der Waals surface area (Å²) in [7, 11) is -3.64. The van der Waals surface area contributed by atoms with Crippen molar-refractivity contribution < 1.29 is 8.42 Å². The molecule has 1 heterocycles. The highest BCUT2D eigenvalue weighted by Gasteiger charge is 2.16. The molecule has 1 aromatic heterocycles. The van der Waals surface area contributed by atoms with Gasteiger partial charge in [0.2, 0.25) is 10.0 Å². The summed E-state index contributed by atoms with van der Waals surface area (Å²) < 4.78 is 26.5. The van der Waals surface area contributed by atoms with E-state index >= 15 is 0 Å². The molecule has 1 aromatic carbocycles. The molecule has 3 N–H and O–H groups in total. The van der Waals surface area contributed by atoms with Crippen LogP contribution in [-0.2, 0) is 16.6 Å².